The first-order valence-electron chi connectivity index (χ1n) is 4.62. The molecule has 0 radical (unpaired) electrons. The molecule has 0 bridgehead atoms. The van der Waals surface area contributed by atoms with Crippen molar-refractivity contribution in [2.75, 3.05) is 40.9 Å². The van der Waals surface area contributed by atoms with E-state index in [1.54, 1.807) is 0 Å². The molecule has 80 valence electrons. The molecule has 0 aromatic heterocycles. The van der Waals surface area contributed by atoms with E-state index in [2.05, 4.69) is 0 Å². The van der Waals surface area contributed by atoms with Crippen molar-refractivity contribution in [1.29, 1.82) is 0 Å². The van der Waals surface area contributed by atoms with Gasteiger partial charge in [0.15, 0.2) is 5.85 Å². The first kappa shape index (κ1) is 12.8. The minimum atomic E-state index is -0.433. The van der Waals surface area contributed by atoms with Crippen LogP contribution in [0.2, 0.25) is 0 Å². The maximum atomic E-state index is 8.83. The van der Waals surface area contributed by atoms with Gasteiger partial charge in [-0.25, -0.2) is 0 Å². The maximum Gasteiger partial charge on any atom is 0.176 e. The SMILES string of the molecule is CCOC(C)(N(C)C)N(C)CCO. The minimum absolute atomic E-state index is 0.146. The first-order chi connectivity index (χ1) is 5.99. The van der Waals surface area contributed by atoms with Gasteiger partial charge < -0.3 is 9.84 Å². The van der Waals surface area contributed by atoms with Gasteiger partial charge in [0.25, 0.3) is 0 Å². The molecule has 0 saturated heterocycles. The van der Waals surface area contributed by atoms with Crippen molar-refractivity contribution in [2.45, 2.75) is 19.7 Å². The summed E-state index contributed by atoms with van der Waals surface area (Å²) in [6, 6.07) is 0. The van der Waals surface area contributed by atoms with Gasteiger partial charge in [-0.3, -0.25) is 9.80 Å². The predicted molar refractivity (Wildman–Crippen MR) is 53.4 cm³/mol. The lowest BCUT2D eigenvalue weighted by atomic mass is 10.3. The number of likely N-dealkylation sites (N-methyl/N-ethyl adjacent to an activating group) is 1. The van der Waals surface area contributed by atoms with E-state index < -0.39 is 5.85 Å². The summed E-state index contributed by atoms with van der Waals surface area (Å²) in [7, 11) is 5.86. The Balaban J connectivity index is 4.37. The van der Waals surface area contributed by atoms with Crippen LogP contribution in [-0.2, 0) is 4.74 Å². The second-order valence-corrected chi connectivity index (χ2v) is 3.41. The number of ether oxygens (including phenoxy) is 1. The molecule has 0 heterocycles. The van der Waals surface area contributed by atoms with E-state index in [4.69, 9.17) is 9.84 Å². The molecule has 0 fully saturated rings. The summed E-state index contributed by atoms with van der Waals surface area (Å²) < 4.78 is 5.65. The number of hydrogen-bond acceptors (Lipinski definition) is 4. The van der Waals surface area contributed by atoms with E-state index in [1.165, 1.54) is 0 Å². The average Bonchev–Trinajstić information content (AvgIpc) is 2.04. The van der Waals surface area contributed by atoms with Crippen LogP contribution in [0.5, 0.6) is 0 Å². The Hall–Kier alpha value is -0.160. The van der Waals surface area contributed by atoms with Crippen LogP contribution < -0.4 is 0 Å². The summed E-state index contributed by atoms with van der Waals surface area (Å²) >= 11 is 0. The Bertz CT molecular complexity index is 142. The number of aliphatic hydroxyl groups excluding tert-OH is 1. The monoisotopic (exact) mass is 190 g/mol. The van der Waals surface area contributed by atoms with Gasteiger partial charge in [-0.15, -0.1) is 0 Å². The third-order valence-electron chi connectivity index (χ3n) is 2.39. The number of rotatable bonds is 6. The van der Waals surface area contributed by atoms with E-state index in [9.17, 15) is 0 Å². The summed E-state index contributed by atoms with van der Waals surface area (Å²) in [5.74, 6) is -0.433. The molecule has 1 atom stereocenters. The summed E-state index contributed by atoms with van der Waals surface area (Å²) in [4.78, 5) is 3.97. The molecule has 0 spiro atoms. The Kier molecular flexibility index (Phi) is 5.48. The molecular formula is C9H22N2O2. The smallest absolute Gasteiger partial charge is 0.176 e. The third-order valence-corrected chi connectivity index (χ3v) is 2.39. The van der Waals surface area contributed by atoms with Crippen molar-refractivity contribution in [3.8, 4) is 0 Å². The highest BCUT2D eigenvalue weighted by Crippen LogP contribution is 2.16. The molecule has 0 aliphatic rings. The average molecular weight is 190 g/mol. The summed E-state index contributed by atoms with van der Waals surface area (Å²) in [5.41, 5.74) is 0. The number of aliphatic hydroxyl groups is 1. The van der Waals surface area contributed by atoms with Crippen molar-refractivity contribution in [3.05, 3.63) is 0 Å². The first-order valence-corrected chi connectivity index (χ1v) is 4.62. The fourth-order valence-corrected chi connectivity index (χ4v) is 1.21. The minimum Gasteiger partial charge on any atom is -0.395 e. The third kappa shape index (κ3) is 3.23. The quantitative estimate of drug-likeness (QED) is 0.606. The molecule has 0 saturated carbocycles. The zero-order valence-electron chi connectivity index (χ0n) is 9.37. The summed E-state index contributed by atoms with van der Waals surface area (Å²) in [6.45, 7) is 5.37. The lowest BCUT2D eigenvalue weighted by Crippen LogP contribution is -2.57. The van der Waals surface area contributed by atoms with E-state index in [0.29, 0.717) is 13.2 Å². The standard InChI is InChI=1S/C9H22N2O2/c1-6-13-9(2,10(3)4)11(5)7-8-12/h12H,6-8H2,1-5H3. The van der Waals surface area contributed by atoms with Crippen LogP contribution in [0.15, 0.2) is 0 Å². The van der Waals surface area contributed by atoms with Gasteiger partial charge in [-0.2, -0.15) is 0 Å². The number of hydrogen-bond donors (Lipinski definition) is 1. The molecule has 13 heavy (non-hydrogen) atoms. The molecule has 0 aromatic carbocycles. The van der Waals surface area contributed by atoms with Crippen LogP contribution in [0, 0.1) is 0 Å². The van der Waals surface area contributed by atoms with Gasteiger partial charge in [0.2, 0.25) is 0 Å². The Morgan fingerprint density at radius 3 is 2.15 bits per heavy atom. The van der Waals surface area contributed by atoms with Crippen molar-refractivity contribution in [2.24, 2.45) is 0 Å². The van der Waals surface area contributed by atoms with E-state index in [-0.39, 0.29) is 6.61 Å². The van der Waals surface area contributed by atoms with Crippen LogP contribution in [0.1, 0.15) is 13.8 Å². The highest BCUT2D eigenvalue weighted by Gasteiger charge is 2.31. The largest absolute Gasteiger partial charge is 0.395 e. The van der Waals surface area contributed by atoms with Crippen LogP contribution >= 0.6 is 0 Å². The molecule has 4 nitrogen and oxygen atoms in total. The van der Waals surface area contributed by atoms with Crippen molar-refractivity contribution < 1.29 is 9.84 Å². The molecule has 0 amide bonds. The predicted octanol–water partition coefficient (Wildman–Crippen LogP) is 0.182. The molecule has 4 heteroatoms. The lowest BCUT2D eigenvalue weighted by molar-refractivity contribution is -0.214. The topological polar surface area (TPSA) is 35.9 Å². The van der Waals surface area contributed by atoms with E-state index >= 15 is 0 Å². The summed E-state index contributed by atoms with van der Waals surface area (Å²) in [5, 5.41) is 8.83. The van der Waals surface area contributed by atoms with Gasteiger partial charge >= 0.3 is 0 Å². The van der Waals surface area contributed by atoms with Crippen LogP contribution in [0.3, 0.4) is 0 Å². The molecule has 0 aliphatic carbocycles. The van der Waals surface area contributed by atoms with Crippen LogP contribution in [0.25, 0.3) is 0 Å². The van der Waals surface area contributed by atoms with Gasteiger partial charge in [-0.05, 0) is 35.0 Å². The van der Waals surface area contributed by atoms with Gasteiger partial charge in [0.05, 0.1) is 6.61 Å². The molecule has 1 unspecified atom stereocenters. The maximum absolute atomic E-state index is 8.83. The molecule has 0 aromatic rings. The molecule has 1 N–H and O–H groups in total. The second-order valence-electron chi connectivity index (χ2n) is 3.41. The molecular weight excluding hydrogens is 168 g/mol. The van der Waals surface area contributed by atoms with Crippen molar-refractivity contribution in [3.63, 3.8) is 0 Å². The van der Waals surface area contributed by atoms with Gasteiger partial charge in [-0.1, -0.05) is 0 Å². The summed E-state index contributed by atoms with van der Waals surface area (Å²) in [6.07, 6.45) is 0. The Morgan fingerprint density at radius 2 is 1.85 bits per heavy atom. The highest BCUT2D eigenvalue weighted by atomic mass is 16.5. The van der Waals surface area contributed by atoms with Crippen molar-refractivity contribution >= 4 is 0 Å². The Labute approximate surface area is 81.1 Å². The zero-order valence-corrected chi connectivity index (χ0v) is 9.37. The second kappa shape index (κ2) is 5.54. The normalized spacial score (nSPS) is 16.6. The van der Waals surface area contributed by atoms with Crippen LogP contribution in [0.4, 0.5) is 0 Å². The van der Waals surface area contributed by atoms with Crippen LogP contribution in [-0.4, -0.2) is 61.7 Å². The lowest BCUT2D eigenvalue weighted by Gasteiger charge is -2.43. The fraction of sp³-hybridized carbons (Fsp3) is 1.00. The van der Waals surface area contributed by atoms with E-state index in [1.807, 2.05) is 44.8 Å². The van der Waals surface area contributed by atoms with E-state index in [0.717, 1.165) is 0 Å². The zero-order chi connectivity index (χ0) is 10.5. The molecule has 0 rings (SSSR count). The highest BCUT2D eigenvalue weighted by molar-refractivity contribution is 4.70. The number of nitrogens with zero attached hydrogens (tertiary/aromatic N) is 2. The van der Waals surface area contributed by atoms with Gasteiger partial charge in [0.1, 0.15) is 0 Å². The van der Waals surface area contributed by atoms with Gasteiger partial charge in [0, 0.05) is 13.2 Å². The van der Waals surface area contributed by atoms with Crippen molar-refractivity contribution in [1.82, 2.24) is 9.80 Å². The molecule has 0 aliphatic heterocycles. The Morgan fingerprint density at radius 1 is 1.31 bits per heavy atom. The fourth-order valence-electron chi connectivity index (χ4n) is 1.21.